The molecule has 0 aliphatic heterocycles. The summed E-state index contributed by atoms with van der Waals surface area (Å²) in [5.74, 6) is -0.165. The van der Waals surface area contributed by atoms with Crippen LogP contribution in [0.25, 0.3) is 0 Å². The van der Waals surface area contributed by atoms with E-state index in [2.05, 4.69) is 15.5 Å². The van der Waals surface area contributed by atoms with E-state index in [-0.39, 0.29) is 12.5 Å². The van der Waals surface area contributed by atoms with Crippen LogP contribution in [0.4, 0.5) is 5.69 Å². The minimum absolute atomic E-state index is 0.165. The molecule has 0 radical (unpaired) electrons. The van der Waals surface area contributed by atoms with Crippen molar-refractivity contribution < 1.29 is 4.79 Å². The number of aromatic nitrogens is 1. The smallest absolute Gasteiger partial charge is 0.259 e. The van der Waals surface area contributed by atoms with Crippen LogP contribution in [0, 0.1) is 0 Å². The normalized spacial score (nSPS) is 10.4. The van der Waals surface area contributed by atoms with Crippen molar-refractivity contribution in [3.05, 3.63) is 60.4 Å². The molecule has 1 heterocycles. The van der Waals surface area contributed by atoms with Crippen LogP contribution in [0.1, 0.15) is 5.56 Å². The van der Waals surface area contributed by atoms with E-state index >= 15 is 0 Å². The number of likely N-dealkylation sites (N-methyl/N-ethyl adjacent to an activating group) is 1. The highest BCUT2D eigenvalue weighted by atomic mass is 16.2. The van der Waals surface area contributed by atoms with Gasteiger partial charge in [0.2, 0.25) is 0 Å². The first-order chi connectivity index (χ1) is 9.75. The Morgan fingerprint density at radius 3 is 2.65 bits per heavy atom. The number of carbonyl (C=O) groups is 1. The van der Waals surface area contributed by atoms with Gasteiger partial charge in [-0.3, -0.25) is 9.78 Å². The standard InChI is InChI=1S/C15H16N4O/c1-19(14-5-3-2-4-6-14)12-15(20)18-17-11-13-7-9-16-10-8-13/h2-11H,12H2,1H3,(H,18,20)/b17-11+. The van der Waals surface area contributed by atoms with Gasteiger partial charge in [-0.2, -0.15) is 5.10 Å². The van der Waals surface area contributed by atoms with E-state index in [4.69, 9.17) is 0 Å². The van der Waals surface area contributed by atoms with E-state index in [9.17, 15) is 4.79 Å². The van der Waals surface area contributed by atoms with Crippen molar-refractivity contribution in [2.24, 2.45) is 5.10 Å². The summed E-state index contributed by atoms with van der Waals surface area (Å²) in [4.78, 5) is 17.5. The molecule has 2 aromatic rings. The molecule has 0 saturated carbocycles. The summed E-state index contributed by atoms with van der Waals surface area (Å²) in [6, 6.07) is 13.3. The quantitative estimate of drug-likeness (QED) is 0.663. The Balaban J connectivity index is 1.83. The van der Waals surface area contributed by atoms with Crippen LogP contribution < -0.4 is 10.3 Å². The number of nitrogens with one attached hydrogen (secondary N) is 1. The molecule has 0 unspecified atom stereocenters. The molecule has 1 amide bonds. The third-order valence-electron chi connectivity index (χ3n) is 2.69. The van der Waals surface area contributed by atoms with E-state index in [0.717, 1.165) is 11.3 Å². The second-order valence-electron chi connectivity index (χ2n) is 4.27. The van der Waals surface area contributed by atoms with Crippen molar-refractivity contribution in [3.8, 4) is 0 Å². The minimum Gasteiger partial charge on any atom is -0.365 e. The van der Waals surface area contributed by atoms with E-state index in [1.807, 2.05) is 54.4 Å². The van der Waals surface area contributed by atoms with Crippen molar-refractivity contribution >= 4 is 17.8 Å². The molecule has 0 fully saturated rings. The Bertz CT molecular complexity index is 569. The van der Waals surface area contributed by atoms with Crippen LogP contribution in [0.3, 0.4) is 0 Å². The van der Waals surface area contributed by atoms with Crippen LogP contribution in [0.5, 0.6) is 0 Å². The number of benzene rings is 1. The van der Waals surface area contributed by atoms with Gasteiger partial charge in [-0.05, 0) is 29.8 Å². The lowest BCUT2D eigenvalue weighted by Gasteiger charge is -2.17. The lowest BCUT2D eigenvalue weighted by atomic mass is 10.3. The SMILES string of the molecule is CN(CC(=O)N/N=C/c1ccncc1)c1ccccc1. The number of pyridine rings is 1. The Kier molecular flexibility index (Phi) is 4.83. The number of hydrazone groups is 1. The Hall–Kier alpha value is -2.69. The minimum atomic E-state index is -0.165. The van der Waals surface area contributed by atoms with Crippen molar-refractivity contribution in [3.63, 3.8) is 0 Å². The van der Waals surface area contributed by atoms with Crippen molar-refractivity contribution in [1.29, 1.82) is 0 Å². The van der Waals surface area contributed by atoms with Gasteiger partial charge in [-0.25, -0.2) is 5.43 Å². The fourth-order valence-electron chi connectivity index (χ4n) is 1.65. The first-order valence-electron chi connectivity index (χ1n) is 6.24. The molecule has 0 aliphatic carbocycles. The number of para-hydroxylation sites is 1. The summed E-state index contributed by atoms with van der Waals surface area (Å²) >= 11 is 0. The van der Waals surface area contributed by atoms with Crippen LogP contribution >= 0.6 is 0 Å². The molecule has 20 heavy (non-hydrogen) atoms. The predicted molar refractivity (Wildman–Crippen MR) is 79.7 cm³/mol. The molecule has 5 heteroatoms. The van der Waals surface area contributed by atoms with Gasteiger partial charge in [-0.1, -0.05) is 18.2 Å². The highest BCUT2D eigenvalue weighted by molar-refractivity contribution is 5.84. The molecule has 1 aromatic heterocycles. The average Bonchev–Trinajstić information content (AvgIpc) is 2.49. The molecular formula is C15H16N4O. The number of hydrogen-bond acceptors (Lipinski definition) is 4. The van der Waals surface area contributed by atoms with Crippen LogP contribution in [-0.2, 0) is 4.79 Å². The maximum absolute atomic E-state index is 11.7. The van der Waals surface area contributed by atoms with Crippen molar-refractivity contribution in [2.75, 3.05) is 18.5 Å². The summed E-state index contributed by atoms with van der Waals surface area (Å²) in [6.07, 6.45) is 4.93. The number of hydrogen-bond donors (Lipinski definition) is 1. The third kappa shape index (κ3) is 4.20. The molecule has 0 aliphatic rings. The molecule has 0 bridgehead atoms. The molecule has 0 saturated heterocycles. The molecule has 1 aromatic carbocycles. The number of nitrogens with zero attached hydrogens (tertiary/aromatic N) is 3. The molecule has 5 nitrogen and oxygen atoms in total. The highest BCUT2D eigenvalue weighted by Gasteiger charge is 2.05. The van der Waals surface area contributed by atoms with Crippen LogP contribution in [0.2, 0.25) is 0 Å². The van der Waals surface area contributed by atoms with E-state index < -0.39 is 0 Å². The predicted octanol–water partition coefficient (Wildman–Crippen LogP) is 1.67. The van der Waals surface area contributed by atoms with Gasteiger partial charge < -0.3 is 4.90 Å². The fraction of sp³-hybridized carbons (Fsp3) is 0.133. The summed E-state index contributed by atoms with van der Waals surface area (Å²) in [6.45, 7) is 0.248. The topological polar surface area (TPSA) is 57.6 Å². The van der Waals surface area contributed by atoms with Gasteiger partial charge in [0.15, 0.2) is 0 Å². The van der Waals surface area contributed by atoms with Crippen molar-refractivity contribution in [1.82, 2.24) is 10.4 Å². The largest absolute Gasteiger partial charge is 0.365 e. The monoisotopic (exact) mass is 268 g/mol. The Morgan fingerprint density at radius 2 is 1.95 bits per heavy atom. The molecule has 0 spiro atoms. The summed E-state index contributed by atoms with van der Waals surface area (Å²) in [5.41, 5.74) is 4.37. The lowest BCUT2D eigenvalue weighted by molar-refractivity contribution is -0.119. The van der Waals surface area contributed by atoms with E-state index in [0.29, 0.717) is 0 Å². The second kappa shape index (κ2) is 7.04. The fourth-order valence-corrected chi connectivity index (χ4v) is 1.65. The zero-order valence-electron chi connectivity index (χ0n) is 11.2. The second-order valence-corrected chi connectivity index (χ2v) is 4.27. The van der Waals surface area contributed by atoms with Gasteiger partial charge in [0.05, 0.1) is 12.8 Å². The maximum atomic E-state index is 11.7. The highest BCUT2D eigenvalue weighted by Crippen LogP contribution is 2.09. The summed E-state index contributed by atoms with van der Waals surface area (Å²) in [5, 5.41) is 3.91. The Morgan fingerprint density at radius 1 is 1.25 bits per heavy atom. The van der Waals surface area contributed by atoms with Crippen LogP contribution in [-0.4, -0.2) is 30.7 Å². The van der Waals surface area contributed by atoms with Gasteiger partial charge in [0.1, 0.15) is 0 Å². The van der Waals surface area contributed by atoms with Gasteiger partial charge in [-0.15, -0.1) is 0 Å². The van der Waals surface area contributed by atoms with Crippen LogP contribution in [0.15, 0.2) is 60.0 Å². The molecule has 1 N–H and O–H groups in total. The first-order valence-corrected chi connectivity index (χ1v) is 6.24. The van der Waals surface area contributed by atoms with Gasteiger partial charge in [0, 0.05) is 25.1 Å². The molecule has 0 atom stereocenters. The average molecular weight is 268 g/mol. The molecule has 2 rings (SSSR count). The number of carbonyl (C=O) groups excluding carboxylic acids is 1. The number of amides is 1. The maximum Gasteiger partial charge on any atom is 0.259 e. The summed E-state index contributed by atoms with van der Waals surface area (Å²) in [7, 11) is 1.86. The Labute approximate surface area is 118 Å². The van der Waals surface area contributed by atoms with Gasteiger partial charge in [0.25, 0.3) is 5.91 Å². The number of anilines is 1. The summed E-state index contributed by atoms with van der Waals surface area (Å²) < 4.78 is 0. The third-order valence-corrected chi connectivity index (χ3v) is 2.69. The number of rotatable bonds is 5. The lowest BCUT2D eigenvalue weighted by Crippen LogP contribution is -2.32. The van der Waals surface area contributed by atoms with E-state index in [1.165, 1.54) is 0 Å². The van der Waals surface area contributed by atoms with Gasteiger partial charge >= 0.3 is 0 Å². The zero-order valence-corrected chi connectivity index (χ0v) is 11.2. The first kappa shape index (κ1) is 13.7. The van der Waals surface area contributed by atoms with E-state index in [1.54, 1.807) is 18.6 Å². The van der Waals surface area contributed by atoms with Crippen molar-refractivity contribution in [2.45, 2.75) is 0 Å². The zero-order chi connectivity index (χ0) is 14.2. The molecular weight excluding hydrogens is 252 g/mol. The molecule has 102 valence electrons.